The highest BCUT2D eigenvalue weighted by molar-refractivity contribution is 5.87. The SMILES string of the molecule is CC(C)N1CCC(c2nc(C(=O)O)c3n2CCCC3N)C1. The summed E-state index contributed by atoms with van der Waals surface area (Å²) in [6, 6.07) is 0.320. The number of imidazole rings is 1. The first-order valence-corrected chi connectivity index (χ1v) is 7.82. The molecule has 1 aromatic rings. The molecule has 2 unspecified atom stereocenters. The Bertz CT molecular complexity index is 552. The topological polar surface area (TPSA) is 84.4 Å². The largest absolute Gasteiger partial charge is 0.476 e. The molecule has 6 heteroatoms. The van der Waals surface area contributed by atoms with Crippen LogP contribution >= 0.6 is 0 Å². The predicted octanol–water partition coefficient (Wildman–Crippen LogP) is 1.57. The molecule has 0 amide bonds. The van der Waals surface area contributed by atoms with E-state index in [1.54, 1.807) is 0 Å². The maximum atomic E-state index is 11.5. The van der Waals surface area contributed by atoms with Gasteiger partial charge in [0.1, 0.15) is 5.82 Å². The van der Waals surface area contributed by atoms with Gasteiger partial charge in [-0.05, 0) is 39.7 Å². The van der Waals surface area contributed by atoms with Gasteiger partial charge in [0, 0.05) is 31.1 Å². The molecule has 1 fully saturated rings. The predicted molar refractivity (Wildman–Crippen MR) is 79.4 cm³/mol. The number of nitrogens with two attached hydrogens (primary N) is 1. The molecule has 6 nitrogen and oxygen atoms in total. The quantitative estimate of drug-likeness (QED) is 0.883. The summed E-state index contributed by atoms with van der Waals surface area (Å²) in [5.41, 5.74) is 7.03. The zero-order valence-corrected chi connectivity index (χ0v) is 12.7. The lowest BCUT2D eigenvalue weighted by Gasteiger charge is -2.24. The number of aromatic nitrogens is 2. The van der Waals surface area contributed by atoms with Crippen LogP contribution in [0.2, 0.25) is 0 Å². The van der Waals surface area contributed by atoms with Crippen LogP contribution in [0.4, 0.5) is 0 Å². The second-order valence-electron chi connectivity index (χ2n) is 6.48. The third-order valence-electron chi connectivity index (χ3n) is 4.80. The maximum Gasteiger partial charge on any atom is 0.356 e. The second-order valence-corrected chi connectivity index (χ2v) is 6.48. The van der Waals surface area contributed by atoms with Crippen molar-refractivity contribution in [1.82, 2.24) is 14.5 Å². The fourth-order valence-electron chi connectivity index (χ4n) is 3.64. The molecule has 0 bridgehead atoms. The fraction of sp³-hybridized carbons (Fsp3) is 0.733. The number of likely N-dealkylation sites (tertiary alicyclic amines) is 1. The number of carboxylic acid groups (broad SMARTS) is 1. The van der Waals surface area contributed by atoms with Crippen molar-refractivity contribution in [1.29, 1.82) is 0 Å². The monoisotopic (exact) mass is 292 g/mol. The van der Waals surface area contributed by atoms with E-state index < -0.39 is 5.97 Å². The Morgan fingerprint density at radius 1 is 1.38 bits per heavy atom. The Kier molecular flexibility index (Phi) is 3.75. The van der Waals surface area contributed by atoms with Gasteiger partial charge in [0.05, 0.1) is 5.69 Å². The van der Waals surface area contributed by atoms with Gasteiger partial charge in [-0.3, -0.25) is 0 Å². The molecule has 0 radical (unpaired) electrons. The molecule has 116 valence electrons. The van der Waals surface area contributed by atoms with Crippen LogP contribution in [0.15, 0.2) is 0 Å². The summed E-state index contributed by atoms with van der Waals surface area (Å²) in [7, 11) is 0. The number of rotatable bonds is 3. The minimum atomic E-state index is -0.957. The molecule has 2 atom stereocenters. The molecule has 2 aliphatic heterocycles. The fourth-order valence-corrected chi connectivity index (χ4v) is 3.64. The molecule has 1 saturated heterocycles. The average Bonchev–Trinajstić information content (AvgIpc) is 3.02. The first kappa shape index (κ1) is 14.5. The number of fused-ring (bicyclic) bond motifs is 1. The number of carboxylic acids is 1. The summed E-state index contributed by atoms with van der Waals surface area (Å²) in [5, 5.41) is 9.41. The van der Waals surface area contributed by atoms with Crippen molar-refractivity contribution in [2.24, 2.45) is 5.73 Å². The van der Waals surface area contributed by atoms with Gasteiger partial charge in [-0.1, -0.05) is 0 Å². The molecule has 0 aliphatic carbocycles. The van der Waals surface area contributed by atoms with Crippen molar-refractivity contribution in [3.8, 4) is 0 Å². The first-order valence-electron chi connectivity index (χ1n) is 7.82. The van der Waals surface area contributed by atoms with E-state index in [1.807, 2.05) is 0 Å². The standard InChI is InChI=1S/C15H24N4O2/c1-9(2)18-7-5-10(8-18)14-17-12(15(20)21)13-11(16)4-3-6-19(13)14/h9-11H,3-8,16H2,1-2H3,(H,20,21). The zero-order chi connectivity index (χ0) is 15.1. The third kappa shape index (κ3) is 2.46. The molecular weight excluding hydrogens is 268 g/mol. The number of hydrogen-bond donors (Lipinski definition) is 2. The van der Waals surface area contributed by atoms with E-state index >= 15 is 0 Å². The molecule has 1 aromatic heterocycles. The lowest BCUT2D eigenvalue weighted by Crippen LogP contribution is -2.28. The Morgan fingerprint density at radius 2 is 2.14 bits per heavy atom. The van der Waals surface area contributed by atoms with Crippen molar-refractivity contribution in [3.63, 3.8) is 0 Å². The summed E-state index contributed by atoms with van der Waals surface area (Å²) < 4.78 is 2.09. The number of nitrogens with zero attached hydrogens (tertiary/aromatic N) is 3. The van der Waals surface area contributed by atoms with Gasteiger partial charge in [-0.25, -0.2) is 9.78 Å². The lowest BCUT2D eigenvalue weighted by molar-refractivity contribution is 0.0688. The Hall–Kier alpha value is -1.40. The van der Waals surface area contributed by atoms with E-state index in [9.17, 15) is 9.90 Å². The van der Waals surface area contributed by atoms with Crippen molar-refractivity contribution in [2.75, 3.05) is 13.1 Å². The highest BCUT2D eigenvalue weighted by atomic mass is 16.4. The van der Waals surface area contributed by atoms with Crippen LogP contribution in [0.3, 0.4) is 0 Å². The number of hydrogen-bond acceptors (Lipinski definition) is 4. The highest BCUT2D eigenvalue weighted by Crippen LogP contribution is 2.34. The lowest BCUT2D eigenvalue weighted by atomic mass is 10.0. The molecule has 3 rings (SSSR count). The van der Waals surface area contributed by atoms with E-state index in [-0.39, 0.29) is 11.7 Å². The van der Waals surface area contributed by atoms with Crippen molar-refractivity contribution in [2.45, 2.75) is 57.7 Å². The first-order chi connectivity index (χ1) is 9.99. The van der Waals surface area contributed by atoms with Crippen molar-refractivity contribution >= 4 is 5.97 Å². The summed E-state index contributed by atoms with van der Waals surface area (Å²) >= 11 is 0. The van der Waals surface area contributed by atoms with E-state index in [1.165, 1.54) is 0 Å². The molecule has 21 heavy (non-hydrogen) atoms. The van der Waals surface area contributed by atoms with Crippen LogP contribution in [0.25, 0.3) is 0 Å². The average molecular weight is 292 g/mol. The van der Waals surface area contributed by atoms with Gasteiger partial charge in [0.15, 0.2) is 5.69 Å². The van der Waals surface area contributed by atoms with E-state index in [0.717, 1.165) is 50.4 Å². The third-order valence-corrected chi connectivity index (χ3v) is 4.80. The molecule has 3 N–H and O–H groups in total. The molecule has 2 aliphatic rings. The Labute approximate surface area is 124 Å². The molecule has 0 saturated carbocycles. The van der Waals surface area contributed by atoms with Gasteiger partial charge in [0.25, 0.3) is 0 Å². The van der Waals surface area contributed by atoms with Crippen LogP contribution in [-0.4, -0.2) is 44.7 Å². The van der Waals surface area contributed by atoms with Crippen LogP contribution in [0.5, 0.6) is 0 Å². The summed E-state index contributed by atoms with van der Waals surface area (Å²) in [4.78, 5) is 18.4. The minimum absolute atomic E-state index is 0.167. The zero-order valence-electron chi connectivity index (χ0n) is 12.7. The number of aromatic carboxylic acids is 1. The van der Waals surface area contributed by atoms with Crippen LogP contribution in [0.1, 0.15) is 67.1 Å². The molecule has 0 aromatic carbocycles. The van der Waals surface area contributed by atoms with E-state index in [2.05, 4.69) is 28.3 Å². The van der Waals surface area contributed by atoms with Gasteiger partial charge in [-0.15, -0.1) is 0 Å². The Balaban J connectivity index is 1.96. The molecule has 0 spiro atoms. The van der Waals surface area contributed by atoms with Gasteiger partial charge in [-0.2, -0.15) is 0 Å². The highest BCUT2D eigenvalue weighted by Gasteiger charge is 2.34. The van der Waals surface area contributed by atoms with Gasteiger partial charge in [0.2, 0.25) is 0 Å². The van der Waals surface area contributed by atoms with E-state index in [0.29, 0.717) is 12.0 Å². The van der Waals surface area contributed by atoms with Crippen LogP contribution in [-0.2, 0) is 6.54 Å². The Morgan fingerprint density at radius 3 is 2.76 bits per heavy atom. The smallest absolute Gasteiger partial charge is 0.356 e. The molecule has 3 heterocycles. The van der Waals surface area contributed by atoms with Crippen molar-refractivity contribution in [3.05, 3.63) is 17.2 Å². The van der Waals surface area contributed by atoms with E-state index in [4.69, 9.17) is 5.73 Å². The summed E-state index contributed by atoms with van der Waals surface area (Å²) in [6.07, 6.45) is 2.88. The maximum absolute atomic E-state index is 11.5. The number of carbonyl (C=O) groups is 1. The van der Waals surface area contributed by atoms with Crippen molar-refractivity contribution < 1.29 is 9.90 Å². The second kappa shape index (κ2) is 5.42. The summed E-state index contributed by atoms with van der Waals surface area (Å²) in [6.45, 7) is 7.25. The van der Waals surface area contributed by atoms with Crippen LogP contribution < -0.4 is 5.73 Å². The summed E-state index contributed by atoms with van der Waals surface area (Å²) in [5.74, 6) is 0.298. The van der Waals surface area contributed by atoms with Gasteiger partial charge >= 0.3 is 5.97 Å². The normalized spacial score (nSPS) is 26.3. The molecular formula is C15H24N4O2. The van der Waals surface area contributed by atoms with Crippen LogP contribution in [0, 0.1) is 0 Å². The van der Waals surface area contributed by atoms with Gasteiger partial charge < -0.3 is 20.3 Å². The minimum Gasteiger partial charge on any atom is -0.476 e.